The third-order valence-electron chi connectivity index (χ3n) is 2.84. The summed E-state index contributed by atoms with van der Waals surface area (Å²) in [6.45, 7) is 2.00. The summed E-state index contributed by atoms with van der Waals surface area (Å²) >= 11 is 3.42. The third kappa shape index (κ3) is 2.39. The number of imidazole rings is 1. The van der Waals surface area contributed by atoms with Crippen LogP contribution in [0.15, 0.2) is 39.7 Å². The van der Waals surface area contributed by atoms with Crippen LogP contribution in [-0.4, -0.2) is 15.0 Å². The number of nitrogens with zero attached hydrogens (tertiary/aromatic N) is 1. The standard InChI is InChI=1S/C13H11BrN4O/c1-7-4-12(15-6-9(7)14)16-8-2-3-10-11(5-8)18-13(19)17-10/h2-6H,1H3,(H,15,16)(H2,17,18,19). The Labute approximate surface area is 117 Å². The molecule has 1 aromatic carbocycles. The first-order valence-electron chi connectivity index (χ1n) is 5.73. The number of H-pyrrole nitrogens is 2. The van der Waals surface area contributed by atoms with Gasteiger partial charge < -0.3 is 15.3 Å². The van der Waals surface area contributed by atoms with Gasteiger partial charge in [0, 0.05) is 16.4 Å². The van der Waals surface area contributed by atoms with Crippen molar-refractivity contribution in [2.75, 3.05) is 5.32 Å². The van der Waals surface area contributed by atoms with E-state index in [0.717, 1.165) is 32.6 Å². The van der Waals surface area contributed by atoms with E-state index in [1.165, 1.54) is 0 Å². The van der Waals surface area contributed by atoms with Crippen molar-refractivity contribution < 1.29 is 0 Å². The van der Waals surface area contributed by atoms with Crippen LogP contribution in [0, 0.1) is 6.92 Å². The smallest absolute Gasteiger partial charge is 0.323 e. The molecular formula is C13H11BrN4O. The van der Waals surface area contributed by atoms with E-state index in [2.05, 4.69) is 36.2 Å². The lowest BCUT2D eigenvalue weighted by atomic mass is 10.2. The van der Waals surface area contributed by atoms with E-state index >= 15 is 0 Å². The van der Waals surface area contributed by atoms with Gasteiger partial charge in [0.1, 0.15) is 5.82 Å². The molecule has 0 spiro atoms. The minimum atomic E-state index is -0.204. The summed E-state index contributed by atoms with van der Waals surface area (Å²) in [5.74, 6) is 0.762. The van der Waals surface area contributed by atoms with Gasteiger partial charge in [0.2, 0.25) is 0 Å². The maximum Gasteiger partial charge on any atom is 0.323 e. The molecule has 0 bridgehead atoms. The summed E-state index contributed by atoms with van der Waals surface area (Å²) in [5.41, 5.74) is 3.33. The van der Waals surface area contributed by atoms with Crippen molar-refractivity contribution in [1.82, 2.24) is 15.0 Å². The van der Waals surface area contributed by atoms with Crippen molar-refractivity contribution in [2.24, 2.45) is 0 Å². The highest BCUT2D eigenvalue weighted by Gasteiger charge is 2.02. The van der Waals surface area contributed by atoms with E-state index in [-0.39, 0.29) is 5.69 Å². The van der Waals surface area contributed by atoms with E-state index in [1.807, 2.05) is 31.2 Å². The number of hydrogen-bond acceptors (Lipinski definition) is 3. The molecule has 2 aromatic heterocycles. The fourth-order valence-corrected chi connectivity index (χ4v) is 2.08. The molecule has 0 saturated carbocycles. The highest BCUT2D eigenvalue weighted by molar-refractivity contribution is 9.10. The van der Waals surface area contributed by atoms with Gasteiger partial charge in [-0.2, -0.15) is 0 Å². The lowest BCUT2D eigenvalue weighted by Crippen LogP contribution is -1.99. The summed E-state index contributed by atoms with van der Waals surface area (Å²) in [4.78, 5) is 20.9. The minimum Gasteiger partial charge on any atom is -0.340 e. The van der Waals surface area contributed by atoms with Gasteiger partial charge in [0.15, 0.2) is 0 Å². The van der Waals surface area contributed by atoms with Crippen LogP contribution in [0.4, 0.5) is 11.5 Å². The monoisotopic (exact) mass is 318 g/mol. The average Bonchev–Trinajstić information content (AvgIpc) is 2.73. The van der Waals surface area contributed by atoms with Crippen molar-refractivity contribution in [1.29, 1.82) is 0 Å². The summed E-state index contributed by atoms with van der Waals surface area (Å²) in [6.07, 6.45) is 1.76. The number of hydrogen-bond donors (Lipinski definition) is 3. The van der Waals surface area contributed by atoms with Gasteiger partial charge in [-0.15, -0.1) is 0 Å². The summed E-state index contributed by atoms with van der Waals surface area (Å²) in [7, 11) is 0. The second-order valence-electron chi connectivity index (χ2n) is 4.28. The Morgan fingerprint density at radius 2 is 2.00 bits per heavy atom. The van der Waals surface area contributed by atoms with Crippen LogP contribution in [0.25, 0.3) is 11.0 Å². The minimum absolute atomic E-state index is 0.204. The first kappa shape index (κ1) is 12.0. The normalized spacial score (nSPS) is 10.8. The molecule has 0 atom stereocenters. The topological polar surface area (TPSA) is 73.6 Å². The van der Waals surface area contributed by atoms with Crippen LogP contribution < -0.4 is 11.0 Å². The molecule has 2 heterocycles. The van der Waals surface area contributed by atoms with Gasteiger partial charge >= 0.3 is 5.69 Å². The number of rotatable bonds is 2. The number of anilines is 2. The Hall–Kier alpha value is -2.08. The highest BCUT2D eigenvalue weighted by atomic mass is 79.9. The highest BCUT2D eigenvalue weighted by Crippen LogP contribution is 2.22. The molecule has 0 saturated heterocycles. The largest absolute Gasteiger partial charge is 0.340 e. The van der Waals surface area contributed by atoms with Crippen molar-refractivity contribution >= 4 is 38.5 Å². The number of halogens is 1. The van der Waals surface area contributed by atoms with Crippen molar-refractivity contribution in [3.63, 3.8) is 0 Å². The van der Waals surface area contributed by atoms with Gasteiger partial charge in [-0.25, -0.2) is 9.78 Å². The zero-order valence-corrected chi connectivity index (χ0v) is 11.7. The number of aromatic nitrogens is 3. The third-order valence-corrected chi connectivity index (χ3v) is 3.67. The van der Waals surface area contributed by atoms with E-state index < -0.39 is 0 Å². The molecule has 0 amide bonds. The van der Waals surface area contributed by atoms with Crippen LogP contribution in [0.1, 0.15) is 5.56 Å². The number of pyridine rings is 1. The second-order valence-corrected chi connectivity index (χ2v) is 5.14. The first-order valence-corrected chi connectivity index (χ1v) is 6.52. The zero-order valence-electron chi connectivity index (χ0n) is 10.1. The van der Waals surface area contributed by atoms with Crippen LogP contribution in [0.3, 0.4) is 0 Å². The lowest BCUT2D eigenvalue weighted by molar-refractivity contribution is 1.21. The molecule has 3 N–H and O–H groups in total. The SMILES string of the molecule is Cc1cc(Nc2ccc3[nH]c(=O)[nH]c3c2)ncc1Br. The van der Waals surface area contributed by atoms with Crippen LogP contribution in [0.2, 0.25) is 0 Å². The van der Waals surface area contributed by atoms with Crippen LogP contribution in [0.5, 0.6) is 0 Å². The molecule has 0 aliphatic rings. The summed E-state index contributed by atoms with van der Waals surface area (Å²) < 4.78 is 0.975. The molecular weight excluding hydrogens is 308 g/mol. The van der Waals surface area contributed by atoms with Gasteiger partial charge in [0.05, 0.1) is 11.0 Å². The molecule has 19 heavy (non-hydrogen) atoms. The number of aryl methyl sites for hydroxylation is 1. The summed E-state index contributed by atoms with van der Waals surface area (Å²) in [5, 5.41) is 3.21. The Morgan fingerprint density at radius 3 is 2.79 bits per heavy atom. The Morgan fingerprint density at radius 1 is 1.21 bits per heavy atom. The number of fused-ring (bicyclic) bond motifs is 1. The molecule has 0 aliphatic carbocycles. The van der Waals surface area contributed by atoms with Crippen LogP contribution in [-0.2, 0) is 0 Å². The van der Waals surface area contributed by atoms with E-state index in [1.54, 1.807) is 6.20 Å². The average molecular weight is 319 g/mol. The Bertz CT molecular complexity index is 806. The molecule has 96 valence electrons. The predicted octanol–water partition coefficient (Wildman–Crippen LogP) is 3.07. The predicted molar refractivity (Wildman–Crippen MR) is 78.9 cm³/mol. The number of nitrogens with one attached hydrogen (secondary N) is 3. The first-order chi connectivity index (χ1) is 9.11. The zero-order chi connectivity index (χ0) is 13.4. The van der Waals surface area contributed by atoms with Gasteiger partial charge in [-0.3, -0.25) is 0 Å². The number of aromatic amines is 2. The van der Waals surface area contributed by atoms with Gasteiger partial charge in [-0.1, -0.05) is 0 Å². The van der Waals surface area contributed by atoms with Gasteiger partial charge in [0.25, 0.3) is 0 Å². The van der Waals surface area contributed by atoms with Crippen molar-refractivity contribution in [3.8, 4) is 0 Å². The molecule has 3 aromatic rings. The molecule has 3 rings (SSSR count). The molecule has 0 aliphatic heterocycles. The molecule has 6 heteroatoms. The molecule has 0 radical (unpaired) electrons. The quantitative estimate of drug-likeness (QED) is 0.680. The fraction of sp³-hybridized carbons (Fsp3) is 0.0769. The number of benzene rings is 1. The maximum absolute atomic E-state index is 11.2. The summed E-state index contributed by atoms with van der Waals surface area (Å²) in [6, 6.07) is 7.56. The van der Waals surface area contributed by atoms with E-state index in [0.29, 0.717) is 0 Å². The molecule has 5 nitrogen and oxygen atoms in total. The lowest BCUT2D eigenvalue weighted by Gasteiger charge is -2.07. The second kappa shape index (κ2) is 4.55. The van der Waals surface area contributed by atoms with Crippen molar-refractivity contribution in [3.05, 3.63) is 51.0 Å². The maximum atomic E-state index is 11.2. The van der Waals surface area contributed by atoms with Gasteiger partial charge in [-0.05, 0) is 52.7 Å². The fourth-order valence-electron chi connectivity index (χ4n) is 1.87. The van der Waals surface area contributed by atoms with E-state index in [9.17, 15) is 4.79 Å². The van der Waals surface area contributed by atoms with Crippen LogP contribution >= 0.6 is 15.9 Å². The Balaban J connectivity index is 1.95. The van der Waals surface area contributed by atoms with E-state index in [4.69, 9.17) is 0 Å². The van der Waals surface area contributed by atoms with Crippen molar-refractivity contribution in [2.45, 2.75) is 6.92 Å². The molecule has 0 fully saturated rings. The Kier molecular flexibility index (Phi) is 2.87. The molecule has 0 unspecified atom stereocenters.